The van der Waals surface area contributed by atoms with Crippen molar-refractivity contribution in [3.8, 4) is 0 Å². The molecule has 0 spiro atoms. The van der Waals surface area contributed by atoms with Gasteiger partial charge in [0.25, 0.3) is 5.56 Å². The summed E-state index contributed by atoms with van der Waals surface area (Å²) in [7, 11) is 0. The Morgan fingerprint density at radius 1 is 1.08 bits per heavy atom. The summed E-state index contributed by atoms with van der Waals surface area (Å²) in [4.78, 5) is 20.6. The molecule has 5 rings (SSSR count). The number of pyridine rings is 1. The molecule has 1 atom stereocenters. The first-order valence-corrected chi connectivity index (χ1v) is 14.4. The maximum absolute atomic E-state index is 13.8. The quantitative estimate of drug-likeness (QED) is 0.229. The lowest BCUT2D eigenvalue weighted by Crippen LogP contribution is -2.39. The second-order valence-corrected chi connectivity index (χ2v) is 11.9. The molecule has 0 aliphatic carbocycles. The molecule has 1 N–H and O–H groups in total. The van der Waals surface area contributed by atoms with Crippen LogP contribution in [0.15, 0.2) is 70.8 Å². The van der Waals surface area contributed by atoms with Crippen LogP contribution in [-0.2, 0) is 18.5 Å². The first-order valence-electron chi connectivity index (χ1n) is 13.5. The third-order valence-electron chi connectivity index (χ3n) is 7.65. The Labute approximate surface area is 233 Å². The van der Waals surface area contributed by atoms with Gasteiger partial charge in [0.15, 0.2) is 5.82 Å². The number of aromatic nitrogens is 5. The maximum Gasteiger partial charge on any atom is 0.253 e. The number of nitrogens with zero attached hydrogens (tertiary/aromatic N) is 5. The number of rotatable bonds is 10. The molecule has 2 aromatic carbocycles. The van der Waals surface area contributed by atoms with E-state index in [1.165, 1.54) is 10.4 Å². The smallest absolute Gasteiger partial charge is 0.253 e. The molecule has 0 radical (unpaired) electrons. The minimum atomic E-state index is -0.439. The summed E-state index contributed by atoms with van der Waals surface area (Å²) in [5.74, 6) is 0.682. The van der Waals surface area contributed by atoms with Crippen LogP contribution in [0.5, 0.6) is 0 Å². The number of thiophene rings is 1. The van der Waals surface area contributed by atoms with Crippen molar-refractivity contribution in [2.24, 2.45) is 0 Å². The van der Waals surface area contributed by atoms with Crippen molar-refractivity contribution in [2.75, 3.05) is 6.54 Å². The highest BCUT2D eigenvalue weighted by atomic mass is 32.1. The maximum atomic E-state index is 13.8. The molecule has 0 amide bonds. The summed E-state index contributed by atoms with van der Waals surface area (Å²) in [5.41, 5.74) is 4.57. The van der Waals surface area contributed by atoms with Gasteiger partial charge in [-0.2, -0.15) is 0 Å². The van der Waals surface area contributed by atoms with Gasteiger partial charge in [0, 0.05) is 34.4 Å². The number of hydrogen-bond acceptors (Lipinski definition) is 6. The third kappa shape index (κ3) is 5.72. The lowest BCUT2D eigenvalue weighted by Gasteiger charge is -2.33. The molecule has 202 valence electrons. The fourth-order valence-corrected chi connectivity index (χ4v) is 5.89. The highest BCUT2D eigenvalue weighted by molar-refractivity contribution is 7.09. The van der Waals surface area contributed by atoms with Crippen molar-refractivity contribution < 1.29 is 0 Å². The summed E-state index contributed by atoms with van der Waals surface area (Å²) in [6.45, 7) is 12.0. The molecule has 0 saturated carbocycles. The highest BCUT2D eigenvalue weighted by Gasteiger charge is 2.34. The monoisotopic (exact) mass is 540 g/mol. The van der Waals surface area contributed by atoms with E-state index in [1.54, 1.807) is 11.3 Å². The minimum absolute atomic E-state index is 0.114. The van der Waals surface area contributed by atoms with Gasteiger partial charge in [-0.25, -0.2) is 4.68 Å². The first-order chi connectivity index (χ1) is 18.8. The van der Waals surface area contributed by atoms with Crippen LogP contribution in [0.1, 0.15) is 66.2 Å². The van der Waals surface area contributed by atoms with E-state index in [4.69, 9.17) is 0 Å². The Hall–Kier alpha value is -3.62. The Morgan fingerprint density at radius 2 is 1.87 bits per heavy atom. The molecule has 0 saturated heterocycles. The molecule has 8 heteroatoms. The zero-order valence-electron chi connectivity index (χ0n) is 23.3. The van der Waals surface area contributed by atoms with Gasteiger partial charge in [-0.15, -0.1) is 16.4 Å². The number of aromatic amines is 1. The van der Waals surface area contributed by atoms with E-state index in [1.807, 2.05) is 16.8 Å². The highest BCUT2D eigenvalue weighted by Crippen LogP contribution is 2.33. The van der Waals surface area contributed by atoms with Crippen LogP contribution in [0.25, 0.3) is 10.9 Å². The van der Waals surface area contributed by atoms with Crippen LogP contribution in [-0.4, -0.2) is 36.6 Å². The van der Waals surface area contributed by atoms with Gasteiger partial charge in [-0.05, 0) is 91.2 Å². The molecule has 0 fully saturated rings. The minimum Gasteiger partial charge on any atom is -0.322 e. The Morgan fingerprint density at radius 3 is 2.59 bits per heavy atom. The molecule has 0 aliphatic heterocycles. The van der Waals surface area contributed by atoms with E-state index in [2.05, 4.69) is 114 Å². The van der Waals surface area contributed by atoms with E-state index >= 15 is 0 Å². The Bertz CT molecular complexity index is 1600. The van der Waals surface area contributed by atoms with Crippen molar-refractivity contribution in [1.82, 2.24) is 30.1 Å². The van der Waals surface area contributed by atoms with Crippen LogP contribution in [0, 0.1) is 13.8 Å². The van der Waals surface area contributed by atoms with E-state index in [9.17, 15) is 4.79 Å². The lowest BCUT2D eigenvalue weighted by molar-refractivity contribution is 0.191. The van der Waals surface area contributed by atoms with Gasteiger partial charge in [0.1, 0.15) is 6.04 Å². The zero-order chi connectivity index (χ0) is 27.6. The Kier molecular flexibility index (Phi) is 7.77. The number of tetrazole rings is 1. The average Bonchev–Trinajstić information content (AvgIpc) is 3.61. The van der Waals surface area contributed by atoms with E-state index < -0.39 is 6.04 Å². The summed E-state index contributed by atoms with van der Waals surface area (Å²) in [5, 5.41) is 16.3. The van der Waals surface area contributed by atoms with Gasteiger partial charge < -0.3 is 4.98 Å². The largest absolute Gasteiger partial charge is 0.322 e. The lowest BCUT2D eigenvalue weighted by atomic mass is 9.97. The molecule has 5 aromatic rings. The number of nitrogens with one attached hydrogen (secondary N) is 1. The van der Waals surface area contributed by atoms with Gasteiger partial charge in [-0.1, -0.05) is 49.4 Å². The predicted octanol–water partition coefficient (Wildman–Crippen LogP) is 6.17. The molecule has 0 aliphatic rings. The topological polar surface area (TPSA) is 79.7 Å². The molecule has 39 heavy (non-hydrogen) atoms. The van der Waals surface area contributed by atoms with Gasteiger partial charge in [0.05, 0.1) is 5.54 Å². The predicted molar refractivity (Wildman–Crippen MR) is 158 cm³/mol. The van der Waals surface area contributed by atoms with E-state index in [0.717, 1.165) is 41.4 Å². The van der Waals surface area contributed by atoms with E-state index in [0.29, 0.717) is 17.9 Å². The number of aryl methyl sites for hydroxylation is 2. The standard InChI is InChI=1S/C31H36N6OS/c1-6-31(4,5)37-29(33-34-35-37)28(26-19-25-22(3)17-21(2)18-27(25)32-30(26)38)36(20-24-13-10-16-39-24)15-14-23-11-8-7-9-12-23/h7-13,16-19,28H,6,14-15,20H2,1-5H3,(H,32,38). The van der Waals surface area contributed by atoms with Gasteiger partial charge in [-0.3, -0.25) is 9.69 Å². The van der Waals surface area contributed by atoms with Crippen LogP contribution in [0.4, 0.5) is 0 Å². The van der Waals surface area contributed by atoms with Crippen LogP contribution >= 0.6 is 11.3 Å². The summed E-state index contributed by atoms with van der Waals surface area (Å²) < 4.78 is 1.91. The summed E-state index contributed by atoms with van der Waals surface area (Å²) in [6, 6.07) is 20.5. The van der Waals surface area contributed by atoms with Gasteiger partial charge in [0.2, 0.25) is 0 Å². The second-order valence-electron chi connectivity index (χ2n) is 10.9. The van der Waals surface area contributed by atoms with Crippen molar-refractivity contribution >= 4 is 22.2 Å². The number of fused-ring (bicyclic) bond motifs is 1. The van der Waals surface area contributed by atoms with Crippen LogP contribution in [0.2, 0.25) is 0 Å². The molecular weight excluding hydrogens is 504 g/mol. The molecular formula is C31H36N6OS. The third-order valence-corrected chi connectivity index (χ3v) is 8.51. The number of hydrogen-bond donors (Lipinski definition) is 1. The number of benzene rings is 2. The fraction of sp³-hybridized carbons (Fsp3) is 0.355. The molecule has 7 nitrogen and oxygen atoms in total. The summed E-state index contributed by atoms with van der Waals surface area (Å²) >= 11 is 1.72. The SMILES string of the molecule is CCC(C)(C)n1nnnc1C(c1cc2c(C)cc(C)cc2[nH]c1=O)N(CCc1ccccc1)Cc1cccs1. The molecule has 1 unspecified atom stereocenters. The van der Waals surface area contributed by atoms with Crippen molar-refractivity contribution in [2.45, 2.75) is 65.6 Å². The fourth-order valence-electron chi connectivity index (χ4n) is 5.16. The van der Waals surface area contributed by atoms with Crippen molar-refractivity contribution in [3.05, 3.63) is 109 Å². The molecule has 3 aromatic heterocycles. The van der Waals surface area contributed by atoms with Crippen molar-refractivity contribution in [1.29, 1.82) is 0 Å². The second kappa shape index (κ2) is 11.2. The normalized spacial score (nSPS) is 12.9. The number of H-pyrrole nitrogens is 1. The van der Waals surface area contributed by atoms with Gasteiger partial charge >= 0.3 is 0 Å². The van der Waals surface area contributed by atoms with E-state index in [-0.39, 0.29) is 11.1 Å². The first kappa shape index (κ1) is 27.0. The Balaban J connectivity index is 1.70. The zero-order valence-corrected chi connectivity index (χ0v) is 24.1. The average molecular weight is 541 g/mol. The molecule has 0 bridgehead atoms. The van der Waals surface area contributed by atoms with Crippen molar-refractivity contribution in [3.63, 3.8) is 0 Å². The van der Waals surface area contributed by atoms with Crippen LogP contribution in [0.3, 0.4) is 0 Å². The molecule has 3 heterocycles. The van der Waals surface area contributed by atoms with Crippen LogP contribution < -0.4 is 5.56 Å². The summed E-state index contributed by atoms with van der Waals surface area (Å²) in [6.07, 6.45) is 1.68.